The standard InChI is InChI=1S/C18H15N5O2/c19-17-15-11-5-6-21-16(11)12(8-13(15)22-18(20)23-17)10-3-1-9(2-4-10)7-14(24)25/h1-6,8,21H,7H2,(H,24,25)(H4,19,20,22,23). The second-order valence-corrected chi connectivity index (χ2v) is 5.82. The van der Waals surface area contributed by atoms with Crippen LogP contribution in [-0.4, -0.2) is 26.0 Å². The first-order chi connectivity index (χ1) is 12.0. The molecule has 0 spiro atoms. The molecule has 0 saturated carbocycles. The number of nitrogens with two attached hydrogens (primary N) is 2. The molecule has 0 bridgehead atoms. The van der Waals surface area contributed by atoms with Crippen LogP contribution in [-0.2, 0) is 11.2 Å². The highest BCUT2D eigenvalue weighted by Crippen LogP contribution is 2.35. The van der Waals surface area contributed by atoms with Gasteiger partial charge in [0.2, 0.25) is 5.95 Å². The lowest BCUT2D eigenvalue weighted by Crippen LogP contribution is -2.01. The van der Waals surface area contributed by atoms with E-state index in [1.54, 1.807) is 0 Å². The number of fused-ring (bicyclic) bond motifs is 3. The monoisotopic (exact) mass is 333 g/mol. The molecule has 0 amide bonds. The Labute approximate surface area is 142 Å². The molecule has 4 aromatic rings. The summed E-state index contributed by atoms with van der Waals surface area (Å²) >= 11 is 0. The fraction of sp³-hybridized carbons (Fsp3) is 0.0556. The Morgan fingerprint density at radius 2 is 1.88 bits per heavy atom. The van der Waals surface area contributed by atoms with Crippen molar-refractivity contribution >= 4 is 39.5 Å². The Hall–Kier alpha value is -3.61. The molecule has 0 atom stereocenters. The molecule has 0 fully saturated rings. The number of nitrogens with zero attached hydrogens (tertiary/aromatic N) is 2. The van der Waals surface area contributed by atoms with Gasteiger partial charge in [0, 0.05) is 17.1 Å². The zero-order chi connectivity index (χ0) is 17.6. The smallest absolute Gasteiger partial charge is 0.307 e. The third-order valence-corrected chi connectivity index (χ3v) is 4.17. The highest BCUT2D eigenvalue weighted by molar-refractivity contribution is 6.15. The molecular weight excluding hydrogens is 318 g/mol. The van der Waals surface area contributed by atoms with E-state index in [4.69, 9.17) is 16.6 Å². The minimum Gasteiger partial charge on any atom is -0.481 e. The molecular formula is C18H15N5O2. The normalized spacial score (nSPS) is 11.2. The van der Waals surface area contributed by atoms with Crippen LogP contribution in [0.4, 0.5) is 11.8 Å². The number of hydrogen-bond acceptors (Lipinski definition) is 5. The maximum absolute atomic E-state index is 10.8. The number of aromatic amines is 1. The maximum atomic E-state index is 10.8. The number of hydrogen-bond donors (Lipinski definition) is 4. The van der Waals surface area contributed by atoms with Crippen molar-refractivity contribution in [3.05, 3.63) is 48.2 Å². The van der Waals surface area contributed by atoms with Crippen molar-refractivity contribution in [2.24, 2.45) is 0 Å². The number of carbonyl (C=O) groups is 1. The van der Waals surface area contributed by atoms with Crippen LogP contribution in [0.2, 0.25) is 0 Å². The van der Waals surface area contributed by atoms with Gasteiger partial charge >= 0.3 is 5.97 Å². The van der Waals surface area contributed by atoms with Gasteiger partial charge in [0.15, 0.2) is 0 Å². The summed E-state index contributed by atoms with van der Waals surface area (Å²) in [6, 6.07) is 11.3. The summed E-state index contributed by atoms with van der Waals surface area (Å²) in [7, 11) is 0. The van der Waals surface area contributed by atoms with Crippen LogP contribution in [0.3, 0.4) is 0 Å². The van der Waals surface area contributed by atoms with Crippen LogP contribution in [0.15, 0.2) is 42.6 Å². The van der Waals surface area contributed by atoms with Gasteiger partial charge in [-0.25, -0.2) is 4.98 Å². The van der Waals surface area contributed by atoms with Gasteiger partial charge in [0.05, 0.1) is 22.8 Å². The van der Waals surface area contributed by atoms with E-state index in [1.807, 2.05) is 42.6 Å². The molecule has 7 heteroatoms. The Kier molecular flexibility index (Phi) is 3.28. The van der Waals surface area contributed by atoms with Gasteiger partial charge in [0.25, 0.3) is 0 Å². The van der Waals surface area contributed by atoms with E-state index in [9.17, 15) is 4.79 Å². The molecule has 7 nitrogen and oxygen atoms in total. The van der Waals surface area contributed by atoms with Crippen LogP contribution in [0.5, 0.6) is 0 Å². The molecule has 0 aliphatic rings. The Morgan fingerprint density at radius 3 is 2.60 bits per heavy atom. The molecule has 0 radical (unpaired) electrons. The molecule has 2 aromatic carbocycles. The number of aliphatic carboxylic acids is 1. The van der Waals surface area contributed by atoms with Crippen LogP contribution < -0.4 is 11.5 Å². The van der Waals surface area contributed by atoms with Gasteiger partial charge in [0.1, 0.15) is 5.82 Å². The number of benzene rings is 2. The first-order valence-corrected chi connectivity index (χ1v) is 7.67. The lowest BCUT2D eigenvalue weighted by molar-refractivity contribution is -0.136. The van der Waals surface area contributed by atoms with Gasteiger partial charge in [-0.05, 0) is 23.3 Å². The molecule has 0 aliphatic heterocycles. The summed E-state index contributed by atoms with van der Waals surface area (Å²) in [6.07, 6.45) is 1.83. The van der Waals surface area contributed by atoms with Gasteiger partial charge in [-0.3, -0.25) is 4.79 Å². The van der Waals surface area contributed by atoms with Crippen molar-refractivity contribution in [1.29, 1.82) is 0 Å². The summed E-state index contributed by atoms with van der Waals surface area (Å²) in [5.74, 6) is -0.383. The largest absolute Gasteiger partial charge is 0.481 e. The van der Waals surface area contributed by atoms with Gasteiger partial charge in [-0.15, -0.1) is 0 Å². The Morgan fingerprint density at radius 1 is 1.12 bits per heavy atom. The van der Waals surface area contributed by atoms with Gasteiger partial charge in [-0.1, -0.05) is 24.3 Å². The van der Waals surface area contributed by atoms with Crippen molar-refractivity contribution in [3.63, 3.8) is 0 Å². The van der Waals surface area contributed by atoms with Crippen molar-refractivity contribution in [2.45, 2.75) is 6.42 Å². The number of anilines is 2. The third-order valence-electron chi connectivity index (χ3n) is 4.17. The minimum atomic E-state index is -0.854. The van der Waals surface area contributed by atoms with E-state index in [-0.39, 0.29) is 12.4 Å². The number of carboxylic acids is 1. The number of carboxylic acid groups (broad SMARTS) is 1. The van der Waals surface area contributed by atoms with Crippen molar-refractivity contribution in [3.8, 4) is 11.1 Å². The molecule has 4 rings (SSSR count). The van der Waals surface area contributed by atoms with E-state index < -0.39 is 5.97 Å². The fourth-order valence-corrected chi connectivity index (χ4v) is 3.11. The van der Waals surface area contributed by atoms with Crippen LogP contribution in [0.25, 0.3) is 32.9 Å². The number of H-pyrrole nitrogens is 1. The Bertz CT molecular complexity index is 1120. The number of nitrogen functional groups attached to an aromatic ring is 2. The van der Waals surface area contributed by atoms with E-state index >= 15 is 0 Å². The number of aromatic nitrogens is 3. The maximum Gasteiger partial charge on any atom is 0.307 e. The zero-order valence-corrected chi connectivity index (χ0v) is 13.2. The lowest BCUT2D eigenvalue weighted by Gasteiger charge is -2.10. The molecule has 0 unspecified atom stereocenters. The average Bonchev–Trinajstić information content (AvgIpc) is 3.03. The highest BCUT2D eigenvalue weighted by atomic mass is 16.4. The number of nitrogens with one attached hydrogen (secondary N) is 1. The predicted octanol–water partition coefficient (Wildman–Crippen LogP) is 2.57. The van der Waals surface area contributed by atoms with Crippen LogP contribution in [0.1, 0.15) is 5.56 Å². The predicted molar refractivity (Wildman–Crippen MR) is 97.0 cm³/mol. The topological polar surface area (TPSA) is 131 Å². The zero-order valence-electron chi connectivity index (χ0n) is 13.2. The van der Waals surface area contributed by atoms with E-state index in [0.29, 0.717) is 11.3 Å². The van der Waals surface area contributed by atoms with Crippen LogP contribution in [0, 0.1) is 0 Å². The third kappa shape index (κ3) is 2.51. The van der Waals surface area contributed by atoms with E-state index in [2.05, 4.69) is 15.0 Å². The van der Waals surface area contributed by atoms with E-state index in [1.165, 1.54) is 0 Å². The minimum absolute atomic E-state index is 0.00376. The molecule has 124 valence electrons. The average molecular weight is 333 g/mol. The first kappa shape index (κ1) is 14.9. The summed E-state index contributed by atoms with van der Waals surface area (Å²) in [6.45, 7) is 0. The van der Waals surface area contributed by atoms with Crippen molar-refractivity contribution in [2.75, 3.05) is 11.5 Å². The van der Waals surface area contributed by atoms with Crippen LogP contribution >= 0.6 is 0 Å². The molecule has 25 heavy (non-hydrogen) atoms. The lowest BCUT2D eigenvalue weighted by atomic mass is 9.98. The van der Waals surface area contributed by atoms with Crippen molar-refractivity contribution < 1.29 is 9.90 Å². The molecule has 0 aliphatic carbocycles. The second-order valence-electron chi connectivity index (χ2n) is 5.82. The fourth-order valence-electron chi connectivity index (χ4n) is 3.11. The molecule has 6 N–H and O–H groups in total. The SMILES string of the molecule is Nc1nc(N)c2c(cc(-c3ccc(CC(=O)O)cc3)c3[nH]ccc32)n1. The summed E-state index contributed by atoms with van der Waals surface area (Å²) in [5.41, 5.74) is 16.0. The molecule has 2 aromatic heterocycles. The second kappa shape index (κ2) is 5.48. The number of rotatable bonds is 3. The molecule has 2 heterocycles. The summed E-state index contributed by atoms with van der Waals surface area (Å²) in [5, 5.41) is 10.6. The van der Waals surface area contributed by atoms with E-state index in [0.717, 1.165) is 33.0 Å². The first-order valence-electron chi connectivity index (χ1n) is 7.67. The van der Waals surface area contributed by atoms with Crippen molar-refractivity contribution in [1.82, 2.24) is 15.0 Å². The van der Waals surface area contributed by atoms with Gasteiger partial charge < -0.3 is 21.6 Å². The quantitative estimate of drug-likeness (QED) is 0.456. The summed E-state index contributed by atoms with van der Waals surface area (Å²) in [4.78, 5) is 22.4. The van der Waals surface area contributed by atoms with Gasteiger partial charge in [-0.2, -0.15) is 4.98 Å². The highest BCUT2D eigenvalue weighted by Gasteiger charge is 2.14. The Balaban J connectivity index is 1.94. The summed E-state index contributed by atoms with van der Waals surface area (Å²) < 4.78 is 0. The molecule has 0 saturated heterocycles.